The number of alkyl halides is 3. The summed E-state index contributed by atoms with van der Waals surface area (Å²) in [6.45, 7) is 0.429. The summed E-state index contributed by atoms with van der Waals surface area (Å²) in [6, 6.07) is 6.23. The molecule has 0 aliphatic heterocycles. The second kappa shape index (κ2) is 6.37. The minimum absolute atomic E-state index is 0.0502. The van der Waals surface area contributed by atoms with E-state index in [0.717, 1.165) is 6.07 Å². The van der Waals surface area contributed by atoms with Gasteiger partial charge in [-0.2, -0.15) is 13.2 Å². The quantitative estimate of drug-likeness (QED) is 0.837. The second-order valence-corrected chi connectivity index (χ2v) is 5.27. The normalized spacial score (nSPS) is 14.3. The Kier molecular flexibility index (Phi) is 4.82. The molecule has 0 bridgehead atoms. The number of ether oxygens (including phenoxy) is 1. The van der Waals surface area contributed by atoms with Crippen LogP contribution in [-0.2, 0) is 5.60 Å². The summed E-state index contributed by atoms with van der Waals surface area (Å²) in [5.74, 6) is -0.270. The molecule has 1 atom stereocenters. The fourth-order valence-electron chi connectivity index (χ4n) is 2.21. The Morgan fingerprint density at radius 1 is 1.21 bits per heavy atom. The number of methoxy groups -OCH3 is 1. The van der Waals surface area contributed by atoms with E-state index in [4.69, 9.17) is 10.5 Å². The van der Waals surface area contributed by atoms with Gasteiger partial charge >= 0.3 is 6.18 Å². The van der Waals surface area contributed by atoms with Gasteiger partial charge in [-0.3, -0.25) is 0 Å². The van der Waals surface area contributed by atoms with Crippen molar-refractivity contribution in [1.82, 2.24) is 4.98 Å². The number of hydrogen-bond acceptors (Lipinski definition) is 4. The molecular weight excluding hydrogens is 328 g/mol. The third-order valence-corrected chi connectivity index (χ3v) is 3.70. The first-order valence-corrected chi connectivity index (χ1v) is 6.95. The van der Waals surface area contributed by atoms with E-state index >= 15 is 0 Å². The van der Waals surface area contributed by atoms with Gasteiger partial charge in [-0.25, -0.2) is 9.37 Å². The van der Waals surface area contributed by atoms with Crippen LogP contribution in [0.4, 0.5) is 17.6 Å². The van der Waals surface area contributed by atoms with Gasteiger partial charge in [-0.1, -0.05) is 0 Å². The summed E-state index contributed by atoms with van der Waals surface area (Å²) in [5, 5.41) is 9.95. The fourth-order valence-corrected chi connectivity index (χ4v) is 2.21. The van der Waals surface area contributed by atoms with Crippen molar-refractivity contribution in [3.8, 4) is 17.0 Å². The first-order valence-electron chi connectivity index (χ1n) is 6.95. The summed E-state index contributed by atoms with van der Waals surface area (Å²) < 4.78 is 58.0. The molecule has 0 saturated carbocycles. The molecule has 8 heteroatoms. The summed E-state index contributed by atoms with van der Waals surface area (Å²) in [4.78, 5) is 3.90. The predicted octanol–water partition coefficient (Wildman–Crippen LogP) is 2.91. The maximum Gasteiger partial charge on any atom is 0.424 e. The Hall–Kier alpha value is -2.19. The lowest BCUT2D eigenvalue weighted by Gasteiger charge is -2.29. The van der Waals surface area contributed by atoms with Gasteiger partial charge in [0.25, 0.3) is 0 Å². The first kappa shape index (κ1) is 18.2. The zero-order chi connectivity index (χ0) is 18.1. The summed E-state index contributed by atoms with van der Waals surface area (Å²) >= 11 is 0. The Labute approximate surface area is 135 Å². The number of aryl methyl sites for hydroxylation is 1. The van der Waals surface area contributed by atoms with Crippen LogP contribution in [0.1, 0.15) is 11.3 Å². The maximum absolute atomic E-state index is 13.4. The fraction of sp³-hybridized carbons (Fsp3) is 0.312. The van der Waals surface area contributed by atoms with Crippen molar-refractivity contribution in [1.29, 1.82) is 0 Å². The van der Waals surface area contributed by atoms with Crippen molar-refractivity contribution in [2.75, 3.05) is 13.7 Å². The third-order valence-electron chi connectivity index (χ3n) is 3.70. The predicted molar refractivity (Wildman–Crippen MR) is 79.9 cm³/mol. The van der Waals surface area contributed by atoms with E-state index in [1.165, 1.54) is 38.3 Å². The van der Waals surface area contributed by atoms with Crippen LogP contribution in [0.3, 0.4) is 0 Å². The summed E-state index contributed by atoms with van der Waals surface area (Å²) in [6.07, 6.45) is -5.00. The Morgan fingerprint density at radius 3 is 2.38 bits per heavy atom. The van der Waals surface area contributed by atoms with Gasteiger partial charge < -0.3 is 15.6 Å². The number of benzene rings is 1. The van der Waals surface area contributed by atoms with E-state index in [1.54, 1.807) is 0 Å². The minimum Gasteiger partial charge on any atom is -0.494 e. The van der Waals surface area contributed by atoms with Crippen molar-refractivity contribution in [2.24, 2.45) is 5.73 Å². The molecule has 0 saturated heterocycles. The smallest absolute Gasteiger partial charge is 0.424 e. The largest absolute Gasteiger partial charge is 0.494 e. The molecular formula is C16H16F4N2O2. The first-order chi connectivity index (χ1) is 11.1. The number of rotatable bonds is 4. The summed E-state index contributed by atoms with van der Waals surface area (Å²) in [5.41, 5.74) is 1.90. The van der Waals surface area contributed by atoms with Gasteiger partial charge in [0.15, 0.2) is 0 Å². The minimum atomic E-state index is -5.00. The number of halogens is 4. The maximum atomic E-state index is 13.4. The van der Waals surface area contributed by atoms with E-state index in [9.17, 15) is 22.7 Å². The van der Waals surface area contributed by atoms with Gasteiger partial charge in [-0.05, 0) is 42.8 Å². The van der Waals surface area contributed by atoms with Crippen molar-refractivity contribution in [3.05, 3.63) is 47.4 Å². The molecule has 2 rings (SSSR count). The molecule has 1 unspecified atom stereocenters. The molecule has 4 nitrogen and oxygen atoms in total. The van der Waals surface area contributed by atoms with Crippen molar-refractivity contribution in [2.45, 2.75) is 18.7 Å². The second-order valence-electron chi connectivity index (χ2n) is 5.27. The highest BCUT2D eigenvalue weighted by Gasteiger charge is 2.55. The number of pyridine rings is 1. The van der Waals surface area contributed by atoms with Gasteiger partial charge in [0.2, 0.25) is 5.60 Å². The lowest BCUT2D eigenvalue weighted by atomic mass is 9.97. The Bertz CT molecular complexity index is 749. The van der Waals surface area contributed by atoms with Crippen LogP contribution < -0.4 is 10.5 Å². The third kappa shape index (κ3) is 3.07. The van der Waals surface area contributed by atoms with E-state index in [-0.39, 0.29) is 11.4 Å². The Balaban J connectivity index is 2.66. The molecule has 130 valence electrons. The van der Waals surface area contributed by atoms with Crippen LogP contribution in [0, 0.1) is 12.7 Å². The molecule has 0 aliphatic rings. The molecule has 1 heterocycles. The van der Waals surface area contributed by atoms with E-state index in [0.29, 0.717) is 11.1 Å². The molecule has 0 fully saturated rings. The van der Waals surface area contributed by atoms with Crippen molar-refractivity contribution >= 4 is 0 Å². The zero-order valence-corrected chi connectivity index (χ0v) is 13.0. The number of aromatic nitrogens is 1. The van der Waals surface area contributed by atoms with Crippen LogP contribution in [0.2, 0.25) is 0 Å². The highest BCUT2D eigenvalue weighted by atomic mass is 19.4. The number of aliphatic hydroxyl groups is 1. The Morgan fingerprint density at radius 2 is 1.88 bits per heavy atom. The van der Waals surface area contributed by atoms with Crippen LogP contribution in [0.5, 0.6) is 5.75 Å². The van der Waals surface area contributed by atoms with Gasteiger partial charge in [0, 0.05) is 12.1 Å². The average molecular weight is 344 g/mol. The standard InChI is InChI=1S/C16H16F4N2O2/c1-9-7-10(3-4-11(9)17)14-12(24-2)5-6-13(22-14)15(23,8-21)16(18,19)20/h3-7,23H,8,21H2,1-2H3. The highest BCUT2D eigenvalue weighted by Crippen LogP contribution is 2.39. The molecule has 3 N–H and O–H groups in total. The average Bonchev–Trinajstić information content (AvgIpc) is 2.55. The van der Waals surface area contributed by atoms with Crippen molar-refractivity contribution < 1.29 is 27.4 Å². The van der Waals surface area contributed by atoms with Gasteiger partial charge in [-0.15, -0.1) is 0 Å². The number of nitrogens with two attached hydrogens (primary N) is 1. The monoisotopic (exact) mass is 344 g/mol. The van der Waals surface area contributed by atoms with Crippen LogP contribution in [0.15, 0.2) is 30.3 Å². The highest BCUT2D eigenvalue weighted by molar-refractivity contribution is 5.67. The lowest BCUT2D eigenvalue weighted by molar-refractivity contribution is -0.263. The van der Waals surface area contributed by atoms with E-state index in [1.807, 2.05) is 0 Å². The SMILES string of the molecule is COc1ccc(C(O)(CN)C(F)(F)F)nc1-c1ccc(F)c(C)c1. The van der Waals surface area contributed by atoms with Crippen molar-refractivity contribution in [3.63, 3.8) is 0 Å². The molecule has 24 heavy (non-hydrogen) atoms. The lowest BCUT2D eigenvalue weighted by Crippen LogP contribution is -2.49. The van der Waals surface area contributed by atoms with Gasteiger partial charge in [0.05, 0.1) is 12.8 Å². The number of hydrogen-bond donors (Lipinski definition) is 2. The molecule has 2 aromatic rings. The topological polar surface area (TPSA) is 68.4 Å². The molecule has 1 aromatic carbocycles. The molecule has 0 amide bonds. The molecule has 0 aliphatic carbocycles. The van der Waals surface area contributed by atoms with E-state index < -0.39 is 29.8 Å². The zero-order valence-electron chi connectivity index (χ0n) is 13.0. The van der Waals surface area contributed by atoms with E-state index in [2.05, 4.69) is 4.98 Å². The molecule has 1 aromatic heterocycles. The summed E-state index contributed by atoms with van der Waals surface area (Å²) in [7, 11) is 1.33. The molecule has 0 spiro atoms. The molecule has 0 radical (unpaired) electrons. The van der Waals surface area contributed by atoms with Gasteiger partial charge in [0.1, 0.15) is 17.3 Å². The van der Waals surface area contributed by atoms with Crippen LogP contribution in [-0.4, -0.2) is 29.9 Å². The van der Waals surface area contributed by atoms with Crippen LogP contribution >= 0.6 is 0 Å². The van der Waals surface area contributed by atoms with Crippen LogP contribution in [0.25, 0.3) is 11.3 Å². The number of nitrogens with zero attached hydrogens (tertiary/aromatic N) is 1.